The molecule has 2 heteroatoms. The predicted molar refractivity (Wildman–Crippen MR) is 100 cm³/mol. The molecule has 0 bridgehead atoms. The first kappa shape index (κ1) is 20.2. The molecule has 0 heterocycles. The minimum atomic E-state index is 0.0712. The third kappa shape index (κ3) is 4.85. The zero-order valence-corrected chi connectivity index (χ0v) is 16.3. The molecule has 0 amide bonds. The van der Waals surface area contributed by atoms with Gasteiger partial charge in [0, 0.05) is 11.1 Å². The first-order valence-corrected chi connectivity index (χ1v) is 9.28. The Kier molecular flexibility index (Phi) is 8.26. The summed E-state index contributed by atoms with van der Waals surface area (Å²) in [6.45, 7) is 23.5. The fourth-order valence-corrected chi connectivity index (χ4v) is 3.09. The number of hydrogen-bond donors (Lipinski definition) is 0. The van der Waals surface area contributed by atoms with Crippen LogP contribution in [0.25, 0.3) is 6.08 Å². The quantitative estimate of drug-likeness (QED) is 0.563. The molecule has 1 aromatic rings. The Hall–Kier alpha value is -0.810. The van der Waals surface area contributed by atoms with Gasteiger partial charge in [-0.2, -0.15) is 0 Å². The zero-order valence-electron chi connectivity index (χ0n) is 15.3. The van der Waals surface area contributed by atoms with Crippen molar-refractivity contribution in [2.75, 3.05) is 6.66 Å². The standard InChI is InChI=1S/C17H27OP.C2H6/c1-9-13-10-14(11(2)3)12(4)15(17(5,6)7)16(13)18-19-8;1-2/h9-11,19H,1H2,2-8H3;1-2H3. The maximum absolute atomic E-state index is 5.96. The Balaban J connectivity index is 0.00000191. The van der Waals surface area contributed by atoms with Gasteiger partial charge in [0.1, 0.15) is 5.75 Å². The third-order valence-corrected chi connectivity index (χ3v) is 3.81. The molecular formula is C19H33OP. The molecule has 0 aromatic heterocycles. The summed E-state index contributed by atoms with van der Waals surface area (Å²) in [5, 5.41) is 0. The van der Waals surface area contributed by atoms with Crippen molar-refractivity contribution in [2.45, 2.75) is 66.7 Å². The van der Waals surface area contributed by atoms with E-state index in [9.17, 15) is 0 Å². The summed E-state index contributed by atoms with van der Waals surface area (Å²) in [5.41, 5.74) is 5.27. The summed E-state index contributed by atoms with van der Waals surface area (Å²) in [6, 6.07) is 2.23. The summed E-state index contributed by atoms with van der Waals surface area (Å²) in [4.78, 5) is 0. The van der Waals surface area contributed by atoms with Gasteiger partial charge in [-0.05, 0) is 42.1 Å². The van der Waals surface area contributed by atoms with Crippen molar-refractivity contribution in [1.82, 2.24) is 0 Å². The van der Waals surface area contributed by atoms with Crippen molar-refractivity contribution < 1.29 is 4.52 Å². The van der Waals surface area contributed by atoms with Crippen molar-refractivity contribution in [1.29, 1.82) is 0 Å². The minimum absolute atomic E-state index is 0.0712. The van der Waals surface area contributed by atoms with Crippen molar-refractivity contribution in [3.8, 4) is 5.75 Å². The van der Waals surface area contributed by atoms with Crippen molar-refractivity contribution in [3.05, 3.63) is 34.9 Å². The largest absolute Gasteiger partial charge is 0.477 e. The van der Waals surface area contributed by atoms with Gasteiger partial charge < -0.3 is 4.52 Å². The van der Waals surface area contributed by atoms with Crippen LogP contribution < -0.4 is 4.52 Å². The van der Waals surface area contributed by atoms with Crippen LogP contribution in [-0.4, -0.2) is 6.66 Å². The molecule has 0 aliphatic rings. The van der Waals surface area contributed by atoms with Gasteiger partial charge in [0.25, 0.3) is 0 Å². The van der Waals surface area contributed by atoms with Crippen LogP contribution in [0.2, 0.25) is 0 Å². The molecule has 1 unspecified atom stereocenters. The predicted octanol–water partition coefficient (Wildman–Crippen LogP) is 6.69. The molecule has 0 radical (unpaired) electrons. The molecule has 0 N–H and O–H groups in total. The van der Waals surface area contributed by atoms with Gasteiger partial charge >= 0.3 is 0 Å². The Labute approximate surface area is 134 Å². The molecule has 21 heavy (non-hydrogen) atoms. The van der Waals surface area contributed by atoms with Crippen LogP contribution in [0.4, 0.5) is 0 Å². The van der Waals surface area contributed by atoms with Crippen LogP contribution in [0.1, 0.15) is 76.6 Å². The lowest BCUT2D eigenvalue weighted by molar-refractivity contribution is 0.536. The molecular weight excluding hydrogens is 275 g/mol. The van der Waals surface area contributed by atoms with Gasteiger partial charge in [0.2, 0.25) is 0 Å². The fourth-order valence-electron chi connectivity index (χ4n) is 2.67. The molecule has 1 atom stereocenters. The van der Waals surface area contributed by atoms with Gasteiger partial charge in [0.05, 0.1) is 8.81 Å². The second-order valence-electron chi connectivity index (χ2n) is 6.30. The summed E-state index contributed by atoms with van der Waals surface area (Å²) in [5.74, 6) is 1.53. The normalized spacial score (nSPS) is 11.5. The Bertz CT molecular complexity index is 467. The molecule has 0 spiro atoms. The van der Waals surface area contributed by atoms with Crippen LogP contribution >= 0.6 is 8.81 Å². The van der Waals surface area contributed by atoms with Crippen LogP contribution in [0.15, 0.2) is 12.6 Å². The van der Waals surface area contributed by atoms with Gasteiger partial charge in [-0.1, -0.05) is 61.1 Å². The highest BCUT2D eigenvalue weighted by Gasteiger charge is 2.26. The van der Waals surface area contributed by atoms with Gasteiger partial charge in [-0.25, -0.2) is 0 Å². The summed E-state index contributed by atoms with van der Waals surface area (Å²) >= 11 is 0. The van der Waals surface area contributed by atoms with Gasteiger partial charge in [-0.3, -0.25) is 0 Å². The highest BCUT2D eigenvalue weighted by atomic mass is 31.1. The fraction of sp³-hybridized carbons (Fsp3) is 0.579. The van der Waals surface area contributed by atoms with E-state index in [1.165, 1.54) is 16.7 Å². The lowest BCUT2D eigenvalue weighted by atomic mass is 9.79. The first-order chi connectivity index (χ1) is 9.73. The molecule has 0 saturated carbocycles. The number of rotatable bonds is 4. The molecule has 0 aliphatic carbocycles. The molecule has 1 rings (SSSR count). The monoisotopic (exact) mass is 308 g/mol. The zero-order chi connectivity index (χ0) is 16.8. The van der Waals surface area contributed by atoms with Crippen LogP contribution in [0.3, 0.4) is 0 Å². The summed E-state index contributed by atoms with van der Waals surface area (Å²) in [7, 11) is 0.450. The van der Waals surface area contributed by atoms with Crippen LogP contribution in [0, 0.1) is 6.92 Å². The second-order valence-corrected chi connectivity index (χ2v) is 6.91. The minimum Gasteiger partial charge on any atom is -0.477 e. The Morgan fingerprint density at radius 3 is 2.10 bits per heavy atom. The smallest absolute Gasteiger partial charge is 0.134 e. The molecule has 0 fully saturated rings. The van der Waals surface area contributed by atoms with Gasteiger partial charge in [0.15, 0.2) is 0 Å². The lowest BCUT2D eigenvalue weighted by Crippen LogP contribution is -2.17. The molecule has 1 aromatic carbocycles. The van der Waals surface area contributed by atoms with E-state index in [1.54, 1.807) is 0 Å². The number of benzene rings is 1. The highest BCUT2D eigenvalue weighted by Crippen LogP contribution is 2.42. The Morgan fingerprint density at radius 2 is 1.76 bits per heavy atom. The second kappa shape index (κ2) is 8.59. The average molecular weight is 308 g/mol. The van der Waals surface area contributed by atoms with E-state index < -0.39 is 0 Å². The Morgan fingerprint density at radius 1 is 1.24 bits per heavy atom. The maximum Gasteiger partial charge on any atom is 0.134 e. The topological polar surface area (TPSA) is 9.23 Å². The van der Waals surface area contributed by atoms with Crippen LogP contribution in [-0.2, 0) is 5.41 Å². The van der Waals surface area contributed by atoms with Crippen molar-refractivity contribution >= 4 is 14.9 Å². The summed E-state index contributed by atoms with van der Waals surface area (Å²) < 4.78 is 5.96. The van der Waals surface area contributed by atoms with Crippen molar-refractivity contribution in [3.63, 3.8) is 0 Å². The van der Waals surface area contributed by atoms with E-state index in [0.717, 1.165) is 11.3 Å². The maximum atomic E-state index is 5.96. The van der Waals surface area contributed by atoms with E-state index in [2.05, 4.69) is 60.9 Å². The number of hydrogen-bond acceptors (Lipinski definition) is 1. The van der Waals surface area contributed by atoms with Gasteiger partial charge in [-0.15, -0.1) is 0 Å². The first-order valence-electron chi connectivity index (χ1n) is 7.88. The van der Waals surface area contributed by atoms with E-state index in [1.807, 2.05) is 19.9 Å². The molecule has 120 valence electrons. The van der Waals surface area contributed by atoms with E-state index in [-0.39, 0.29) is 5.41 Å². The molecule has 0 aliphatic heterocycles. The summed E-state index contributed by atoms with van der Waals surface area (Å²) in [6.07, 6.45) is 1.91. The van der Waals surface area contributed by atoms with Crippen molar-refractivity contribution in [2.24, 2.45) is 0 Å². The highest BCUT2D eigenvalue weighted by molar-refractivity contribution is 7.31. The van der Waals surface area contributed by atoms with Crippen LogP contribution in [0.5, 0.6) is 5.75 Å². The SMILES string of the molecule is C=Cc1cc(C(C)C)c(C)c(C(C)(C)C)c1OPC.CC. The van der Waals surface area contributed by atoms with E-state index in [0.29, 0.717) is 14.7 Å². The lowest BCUT2D eigenvalue weighted by Gasteiger charge is -2.29. The van der Waals surface area contributed by atoms with E-state index in [4.69, 9.17) is 4.52 Å². The molecule has 1 nitrogen and oxygen atoms in total. The molecule has 0 saturated heterocycles. The third-order valence-electron chi connectivity index (χ3n) is 3.40. The average Bonchev–Trinajstić information content (AvgIpc) is 2.39. The van der Waals surface area contributed by atoms with E-state index >= 15 is 0 Å².